The van der Waals surface area contributed by atoms with Crippen molar-refractivity contribution in [2.24, 2.45) is 7.05 Å². The third kappa shape index (κ3) is 3.07. The molecule has 2 rings (SSSR count). The van der Waals surface area contributed by atoms with Crippen molar-refractivity contribution in [1.82, 2.24) is 25.3 Å². The molecule has 6 heteroatoms. The SMILES string of the molecule is CCCNC(c1ncccc1CC)c1c(Br)nnn1C. The Kier molecular flexibility index (Phi) is 5.25. The first-order valence-electron chi connectivity index (χ1n) is 6.91. The summed E-state index contributed by atoms with van der Waals surface area (Å²) in [6.07, 6.45) is 3.86. The molecule has 0 aliphatic rings. The minimum atomic E-state index is 0.000440. The molecule has 1 N–H and O–H groups in total. The summed E-state index contributed by atoms with van der Waals surface area (Å²) in [4.78, 5) is 4.59. The van der Waals surface area contributed by atoms with Crippen molar-refractivity contribution in [1.29, 1.82) is 0 Å². The first-order chi connectivity index (χ1) is 9.69. The van der Waals surface area contributed by atoms with Gasteiger partial charge < -0.3 is 5.32 Å². The molecule has 0 spiro atoms. The highest BCUT2D eigenvalue weighted by Gasteiger charge is 2.24. The molecule has 2 heterocycles. The predicted molar refractivity (Wildman–Crippen MR) is 82.5 cm³/mol. The molecule has 2 aromatic rings. The second kappa shape index (κ2) is 6.95. The fourth-order valence-electron chi connectivity index (χ4n) is 2.27. The quantitative estimate of drug-likeness (QED) is 0.880. The summed E-state index contributed by atoms with van der Waals surface area (Å²) in [7, 11) is 1.91. The van der Waals surface area contributed by atoms with Crippen molar-refractivity contribution >= 4 is 15.9 Å². The molecule has 1 unspecified atom stereocenters. The Labute approximate surface area is 127 Å². The van der Waals surface area contributed by atoms with E-state index in [1.807, 2.05) is 19.3 Å². The lowest BCUT2D eigenvalue weighted by Crippen LogP contribution is -2.27. The topological polar surface area (TPSA) is 55.6 Å². The maximum absolute atomic E-state index is 4.59. The third-order valence-electron chi connectivity index (χ3n) is 3.28. The number of hydrogen-bond donors (Lipinski definition) is 1. The van der Waals surface area contributed by atoms with Gasteiger partial charge in [-0.15, -0.1) is 5.10 Å². The van der Waals surface area contributed by atoms with Gasteiger partial charge >= 0.3 is 0 Å². The number of nitrogens with one attached hydrogen (secondary N) is 1. The van der Waals surface area contributed by atoms with Crippen LogP contribution in [0.15, 0.2) is 22.9 Å². The minimum Gasteiger partial charge on any atom is -0.304 e. The van der Waals surface area contributed by atoms with Crippen LogP contribution in [0.4, 0.5) is 0 Å². The molecule has 2 aromatic heterocycles. The normalized spacial score (nSPS) is 12.6. The number of aryl methyl sites for hydroxylation is 2. The zero-order valence-electron chi connectivity index (χ0n) is 12.1. The molecule has 0 radical (unpaired) electrons. The van der Waals surface area contributed by atoms with Crippen molar-refractivity contribution in [3.8, 4) is 0 Å². The van der Waals surface area contributed by atoms with Crippen LogP contribution in [0, 0.1) is 0 Å². The maximum atomic E-state index is 4.59. The largest absolute Gasteiger partial charge is 0.304 e. The molecule has 0 fully saturated rings. The molecule has 0 saturated heterocycles. The molecular formula is C14H20BrN5. The standard InChI is InChI=1S/C14H20BrN5/c1-4-8-16-12(13-14(15)18-19-20(13)3)11-10(5-2)7-6-9-17-11/h6-7,9,12,16H,4-5,8H2,1-3H3. The monoisotopic (exact) mass is 337 g/mol. The third-order valence-corrected chi connectivity index (χ3v) is 3.84. The van der Waals surface area contributed by atoms with E-state index in [-0.39, 0.29) is 6.04 Å². The first-order valence-corrected chi connectivity index (χ1v) is 7.70. The number of nitrogens with zero attached hydrogens (tertiary/aromatic N) is 4. The average molecular weight is 338 g/mol. The van der Waals surface area contributed by atoms with E-state index in [1.54, 1.807) is 4.68 Å². The van der Waals surface area contributed by atoms with Gasteiger partial charge in [0.1, 0.15) is 0 Å². The van der Waals surface area contributed by atoms with Gasteiger partial charge in [0.05, 0.1) is 17.4 Å². The predicted octanol–water partition coefficient (Wildman–Crippen LogP) is 2.62. The van der Waals surface area contributed by atoms with Crippen molar-refractivity contribution in [3.05, 3.63) is 39.9 Å². The molecular weight excluding hydrogens is 318 g/mol. The number of aromatic nitrogens is 4. The van der Waals surface area contributed by atoms with Crippen molar-refractivity contribution in [3.63, 3.8) is 0 Å². The Bertz CT molecular complexity index is 547. The summed E-state index contributed by atoms with van der Waals surface area (Å²) in [6.45, 7) is 5.22. The van der Waals surface area contributed by atoms with E-state index in [9.17, 15) is 0 Å². The van der Waals surface area contributed by atoms with E-state index >= 15 is 0 Å². The highest BCUT2D eigenvalue weighted by molar-refractivity contribution is 9.10. The van der Waals surface area contributed by atoms with Gasteiger partial charge in [-0.3, -0.25) is 4.98 Å². The fraction of sp³-hybridized carbons (Fsp3) is 0.500. The van der Waals surface area contributed by atoms with E-state index in [0.29, 0.717) is 0 Å². The van der Waals surface area contributed by atoms with Crippen LogP contribution in [-0.2, 0) is 13.5 Å². The summed E-state index contributed by atoms with van der Waals surface area (Å²) < 4.78 is 2.56. The molecule has 0 amide bonds. The van der Waals surface area contributed by atoms with Gasteiger partial charge in [-0.25, -0.2) is 4.68 Å². The number of pyridine rings is 1. The van der Waals surface area contributed by atoms with E-state index in [4.69, 9.17) is 0 Å². The molecule has 0 aliphatic carbocycles. The van der Waals surface area contributed by atoms with Gasteiger partial charge in [0.2, 0.25) is 0 Å². The lowest BCUT2D eigenvalue weighted by molar-refractivity contribution is 0.536. The Balaban J connectivity index is 2.47. The molecule has 0 aliphatic heterocycles. The van der Waals surface area contributed by atoms with Gasteiger partial charge in [0.25, 0.3) is 0 Å². The van der Waals surface area contributed by atoms with Crippen molar-refractivity contribution < 1.29 is 0 Å². The lowest BCUT2D eigenvalue weighted by atomic mass is 10.0. The van der Waals surface area contributed by atoms with Crippen LogP contribution in [0.3, 0.4) is 0 Å². The smallest absolute Gasteiger partial charge is 0.153 e. The molecule has 0 saturated carbocycles. The molecule has 5 nitrogen and oxygen atoms in total. The summed E-state index contributed by atoms with van der Waals surface area (Å²) in [6, 6.07) is 4.11. The second-order valence-corrected chi connectivity index (χ2v) is 5.43. The zero-order chi connectivity index (χ0) is 14.5. The van der Waals surface area contributed by atoms with Crippen molar-refractivity contribution in [2.75, 3.05) is 6.54 Å². The summed E-state index contributed by atoms with van der Waals surface area (Å²) in [5.41, 5.74) is 3.30. The minimum absolute atomic E-state index is 0.000440. The number of hydrogen-bond acceptors (Lipinski definition) is 4. The van der Waals surface area contributed by atoms with Gasteiger partial charge in [-0.1, -0.05) is 25.1 Å². The molecule has 0 bridgehead atoms. The highest BCUT2D eigenvalue weighted by atomic mass is 79.9. The molecule has 108 valence electrons. The Morgan fingerprint density at radius 3 is 2.80 bits per heavy atom. The molecule has 1 atom stereocenters. The fourth-order valence-corrected chi connectivity index (χ4v) is 2.82. The van der Waals surface area contributed by atoms with Gasteiger partial charge in [-0.05, 0) is 46.9 Å². The number of halogens is 1. The van der Waals surface area contributed by atoms with E-state index in [1.165, 1.54) is 5.56 Å². The van der Waals surface area contributed by atoms with E-state index < -0.39 is 0 Å². The first kappa shape index (κ1) is 15.1. The summed E-state index contributed by atoms with van der Waals surface area (Å²) in [5.74, 6) is 0. The highest BCUT2D eigenvalue weighted by Crippen LogP contribution is 2.27. The Morgan fingerprint density at radius 2 is 2.20 bits per heavy atom. The molecule has 20 heavy (non-hydrogen) atoms. The van der Waals surface area contributed by atoms with Crippen LogP contribution in [0.5, 0.6) is 0 Å². The second-order valence-electron chi connectivity index (χ2n) is 4.68. The van der Waals surface area contributed by atoms with Crippen molar-refractivity contribution in [2.45, 2.75) is 32.7 Å². The van der Waals surface area contributed by atoms with Crippen LogP contribution >= 0.6 is 15.9 Å². The summed E-state index contributed by atoms with van der Waals surface area (Å²) >= 11 is 3.49. The number of rotatable bonds is 6. The van der Waals surface area contributed by atoms with Crippen LogP contribution in [0.2, 0.25) is 0 Å². The van der Waals surface area contributed by atoms with Gasteiger partial charge in [0.15, 0.2) is 4.60 Å². The van der Waals surface area contributed by atoms with Crippen LogP contribution in [0.1, 0.15) is 43.3 Å². The Morgan fingerprint density at radius 1 is 1.40 bits per heavy atom. The van der Waals surface area contributed by atoms with Gasteiger partial charge in [0, 0.05) is 13.2 Å². The van der Waals surface area contributed by atoms with E-state index in [0.717, 1.165) is 35.4 Å². The maximum Gasteiger partial charge on any atom is 0.153 e. The average Bonchev–Trinajstić information content (AvgIpc) is 2.80. The van der Waals surface area contributed by atoms with Crippen LogP contribution in [0.25, 0.3) is 0 Å². The lowest BCUT2D eigenvalue weighted by Gasteiger charge is -2.20. The zero-order valence-corrected chi connectivity index (χ0v) is 13.7. The summed E-state index contributed by atoms with van der Waals surface area (Å²) in [5, 5.41) is 11.7. The van der Waals surface area contributed by atoms with E-state index in [2.05, 4.69) is 56.5 Å². The van der Waals surface area contributed by atoms with Crippen LogP contribution in [-0.4, -0.2) is 26.5 Å². The van der Waals surface area contributed by atoms with Crippen LogP contribution < -0.4 is 5.32 Å². The molecule has 0 aromatic carbocycles. The Hall–Kier alpha value is -1.27. The van der Waals surface area contributed by atoms with Gasteiger partial charge in [-0.2, -0.15) is 0 Å².